The van der Waals surface area contributed by atoms with E-state index in [1.54, 1.807) is 0 Å². The number of hydrogen-bond acceptors (Lipinski definition) is 2. The predicted molar refractivity (Wildman–Crippen MR) is 96.2 cm³/mol. The molecule has 0 aromatic carbocycles. The zero-order chi connectivity index (χ0) is 16.8. The second-order valence-electron chi connectivity index (χ2n) is 6.76. The lowest BCUT2D eigenvalue weighted by Gasteiger charge is -2.18. The Balaban J connectivity index is 1.94. The average molecular weight is 322 g/mol. The summed E-state index contributed by atoms with van der Waals surface area (Å²) in [6, 6.07) is 0. The quantitative estimate of drug-likeness (QED) is 0.357. The number of nitrogens with zero attached hydrogens (tertiary/aromatic N) is 1. The van der Waals surface area contributed by atoms with E-state index < -0.39 is 0 Å². The van der Waals surface area contributed by atoms with Gasteiger partial charge in [-0.2, -0.15) is 0 Å². The van der Waals surface area contributed by atoms with Crippen LogP contribution in [0.15, 0.2) is 12.7 Å². The van der Waals surface area contributed by atoms with Gasteiger partial charge in [-0.05, 0) is 32.1 Å². The van der Waals surface area contributed by atoms with Gasteiger partial charge in [0.05, 0.1) is 0 Å². The molecule has 1 rings (SSSR count). The van der Waals surface area contributed by atoms with E-state index in [4.69, 9.17) is 0 Å². The molecule has 1 heterocycles. The maximum Gasteiger partial charge on any atom is 0.229 e. The van der Waals surface area contributed by atoms with Gasteiger partial charge in [-0.15, -0.1) is 6.58 Å². The number of allylic oxidation sites excluding steroid dienone is 1. The summed E-state index contributed by atoms with van der Waals surface area (Å²) in [7, 11) is 0. The molecule has 0 saturated carbocycles. The number of likely N-dealkylation sites (tertiary alicyclic amines) is 1. The molecule has 0 aromatic rings. The van der Waals surface area contributed by atoms with E-state index in [2.05, 4.69) is 6.58 Å². The van der Waals surface area contributed by atoms with Gasteiger partial charge < -0.3 is 0 Å². The topological polar surface area (TPSA) is 37.4 Å². The third kappa shape index (κ3) is 9.58. The van der Waals surface area contributed by atoms with Crippen LogP contribution in [0.2, 0.25) is 0 Å². The number of unbranched alkanes of at least 4 members (excludes halogenated alkanes) is 9. The van der Waals surface area contributed by atoms with Crippen molar-refractivity contribution in [2.75, 3.05) is 6.54 Å². The largest absolute Gasteiger partial charge is 0.283 e. The van der Waals surface area contributed by atoms with Crippen LogP contribution < -0.4 is 0 Å². The highest BCUT2D eigenvalue weighted by Gasteiger charge is 2.22. The minimum absolute atomic E-state index is 0.0453. The highest BCUT2D eigenvalue weighted by Crippen LogP contribution is 2.15. The number of hydrogen-bond donors (Lipinski definition) is 0. The standard InChI is InChI=1S/C20H35NO2/c1-2-3-4-5-6-7-8-9-10-11-13-16-19(22)21-18-15-12-14-17-20(21)23/h2H,1,3-18H2. The number of carbonyl (C=O) groups is 2. The predicted octanol–water partition coefficient (Wildman–Crippen LogP) is 5.39. The van der Waals surface area contributed by atoms with Gasteiger partial charge in [-0.25, -0.2) is 0 Å². The van der Waals surface area contributed by atoms with Crippen molar-refractivity contribution in [3.8, 4) is 0 Å². The van der Waals surface area contributed by atoms with Crippen LogP contribution in [-0.2, 0) is 9.59 Å². The summed E-state index contributed by atoms with van der Waals surface area (Å²) < 4.78 is 0. The fourth-order valence-electron chi connectivity index (χ4n) is 3.18. The zero-order valence-electron chi connectivity index (χ0n) is 14.9. The molecule has 2 amide bonds. The number of rotatable bonds is 12. The Labute approximate surface area is 142 Å². The van der Waals surface area contributed by atoms with Gasteiger partial charge >= 0.3 is 0 Å². The van der Waals surface area contributed by atoms with Crippen molar-refractivity contribution >= 4 is 11.8 Å². The lowest BCUT2D eigenvalue weighted by atomic mass is 10.1. The normalized spacial score (nSPS) is 15.5. The van der Waals surface area contributed by atoms with E-state index in [1.165, 1.54) is 49.8 Å². The van der Waals surface area contributed by atoms with E-state index in [0.29, 0.717) is 19.4 Å². The van der Waals surface area contributed by atoms with Crippen molar-refractivity contribution in [1.29, 1.82) is 0 Å². The van der Waals surface area contributed by atoms with Crippen LogP contribution in [0.5, 0.6) is 0 Å². The summed E-state index contributed by atoms with van der Waals surface area (Å²) in [5, 5.41) is 0. The van der Waals surface area contributed by atoms with Crippen molar-refractivity contribution < 1.29 is 9.59 Å². The van der Waals surface area contributed by atoms with Crippen LogP contribution >= 0.6 is 0 Å². The van der Waals surface area contributed by atoms with E-state index in [-0.39, 0.29) is 11.8 Å². The summed E-state index contributed by atoms with van der Waals surface area (Å²) in [5.74, 6) is 0.100. The molecule has 3 nitrogen and oxygen atoms in total. The Kier molecular flexibility index (Phi) is 11.5. The molecule has 1 aliphatic rings. The highest BCUT2D eigenvalue weighted by atomic mass is 16.2. The molecule has 23 heavy (non-hydrogen) atoms. The lowest BCUT2D eigenvalue weighted by molar-refractivity contribution is -0.144. The van der Waals surface area contributed by atoms with Crippen molar-refractivity contribution in [3.05, 3.63) is 12.7 Å². The minimum atomic E-state index is 0.0453. The Hall–Kier alpha value is -1.12. The van der Waals surface area contributed by atoms with E-state index >= 15 is 0 Å². The Morgan fingerprint density at radius 1 is 0.913 bits per heavy atom. The van der Waals surface area contributed by atoms with Crippen molar-refractivity contribution in [1.82, 2.24) is 4.90 Å². The van der Waals surface area contributed by atoms with Gasteiger partial charge in [0.15, 0.2) is 0 Å². The molecular weight excluding hydrogens is 286 g/mol. The summed E-state index contributed by atoms with van der Waals surface area (Å²) in [6.07, 6.45) is 18.4. The van der Waals surface area contributed by atoms with Gasteiger partial charge in [0.1, 0.15) is 0 Å². The van der Waals surface area contributed by atoms with Crippen LogP contribution in [0.4, 0.5) is 0 Å². The first-order valence-corrected chi connectivity index (χ1v) is 9.70. The monoisotopic (exact) mass is 321 g/mol. The maximum atomic E-state index is 12.1. The van der Waals surface area contributed by atoms with Gasteiger partial charge in [0.2, 0.25) is 11.8 Å². The average Bonchev–Trinajstić information content (AvgIpc) is 2.77. The van der Waals surface area contributed by atoms with Crippen molar-refractivity contribution in [2.45, 2.75) is 96.3 Å². The van der Waals surface area contributed by atoms with Gasteiger partial charge in [-0.1, -0.05) is 57.4 Å². The maximum absolute atomic E-state index is 12.1. The first-order valence-electron chi connectivity index (χ1n) is 9.70. The number of amides is 2. The first kappa shape index (κ1) is 19.9. The van der Waals surface area contributed by atoms with Crippen LogP contribution in [0, 0.1) is 0 Å². The Morgan fingerprint density at radius 3 is 2.17 bits per heavy atom. The Morgan fingerprint density at radius 2 is 1.52 bits per heavy atom. The summed E-state index contributed by atoms with van der Waals surface area (Å²) in [5.41, 5.74) is 0. The lowest BCUT2D eigenvalue weighted by Crippen LogP contribution is -2.36. The number of imide groups is 1. The summed E-state index contributed by atoms with van der Waals surface area (Å²) >= 11 is 0. The van der Waals surface area contributed by atoms with Crippen molar-refractivity contribution in [3.63, 3.8) is 0 Å². The molecule has 0 spiro atoms. The van der Waals surface area contributed by atoms with Gasteiger partial charge in [0.25, 0.3) is 0 Å². The molecule has 0 aromatic heterocycles. The fourth-order valence-corrected chi connectivity index (χ4v) is 3.18. The first-order chi connectivity index (χ1) is 11.3. The SMILES string of the molecule is C=CCCCCCCCCCCCC(=O)N1CCCCCC1=O. The molecule has 1 aliphatic heterocycles. The van der Waals surface area contributed by atoms with Crippen molar-refractivity contribution in [2.24, 2.45) is 0 Å². The van der Waals surface area contributed by atoms with E-state index in [0.717, 1.165) is 38.5 Å². The van der Waals surface area contributed by atoms with Crippen LogP contribution in [0.25, 0.3) is 0 Å². The molecular formula is C20H35NO2. The molecule has 0 radical (unpaired) electrons. The molecule has 1 fully saturated rings. The summed E-state index contributed by atoms with van der Waals surface area (Å²) in [4.78, 5) is 25.5. The fraction of sp³-hybridized carbons (Fsp3) is 0.800. The van der Waals surface area contributed by atoms with Crippen LogP contribution in [-0.4, -0.2) is 23.3 Å². The molecule has 132 valence electrons. The molecule has 1 saturated heterocycles. The molecule has 3 heteroatoms. The third-order valence-corrected chi connectivity index (χ3v) is 4.67. The zero-order valence-corrected chi connectivity index (χ0v) is 14.9. The van der Waals surface area contributed by atoms with Gasteiger partial charge in [-0.3, -0.25) is 14.5 Å². The molecule has 0 N–H and O–H groups in total. The Bertz CT molecular complexity index is 352. The summed E-state index contributed by atoms with van der Waals surface area (Å²) in [6.45, 7) is 4.38. The second kappa shape index (κ2) is 13.3. The van der Waals surface area contributed by atoms with Gasteiger partial charge in [0, 0.05) is 19.4 Å². The van der Waals surface area contributed by atoms with Crippen LogP contribution in [0.3, 0.4) is 0 Å². The molecule has 0 bridgehead atoms. The van der Waals surface area contributed by atoms with E-state index in [1.807, 2.05) is 6.08 Å². The van der Waals surface area contributed by atoms with Crippen LogP contribution in [0.1, 0.15) is 96.3 Å². The molecule has 0 aliphatic carbocycles. The molecule has 0 unspecified atom stereocenters. The minimum Gasteiger partial charge on any atom is -0.283 e. The third-order valence-electron chi connectivity index (χ3n) is 4.67. The smallest absolute Gasteiger partial charge is 0.229 e. The number of carbonyl (C=O) groups excluding carboxylic acids is 2. The highest BCUT2D eigenvalue weighted by molar-refractivity contribution is 5.95. The van der Waals surface area contributed by atoms with E-state index in [9.17, 15) is 9.59 Å². The molecule has 0 atom stereocenters. The second-order valence-corrected chi connectivity index (χ2v) is 6.76.